The third-order valence-corrected chi connectivity index (χ3v) is 5.04. The van der Waals surface area contributed by atoms with E-state index in [0.717, 1.165) is 35.0 Å². The summed E-state index contributed by atoms with van der Waals surface area (Å²) in [6.07, 6.45) is 2.10. The Morgan fingerprint density at radius 3 is 3.10 bits per heavy atom. The summed E-state index contributed by atoms with van der Waals surface area (Å²) in [5, 5.41) is 12.1. The lowest BCUT2D eigenvalue weighted by molar-refractivity contribution is -0.118. The SMILES string of the molecule is CCCCNC(=O)CSc1nnc2sc3ccccc3n12. The molecule has 0 saturated heterocycles. The number of amides is 1. The van der Waals surface area contributed by atoms with Crippen molar-refractivity contribution < 1.29 is 4.79 Å². The highest BCUT2D eigenvalue weighted by Crippen LogP contribution is 2.29. The van der Waals surface area contributed by atoms with Gasteiger partial charge in [-0.3, -0.25) is 9.20 Å². The number of fused-ring (bicyclic) bond motifs is 3. The summed E-state index contributed by atoms with van der Waals surface area (Å²) in [7, 11) is 0. The van der Waals surface area contributed by atoms with E-state index in [-0.39, 0.29) is 5.91 Å². The zero-order chi connectivity index (χ0) is 14.7. The Morgan fingerprint density at radius 1 is 1.38 bits per heavy atom. The van der Waals surface area contributed by atoms with Gasteiger partial charge in [0, 0.05) is 6.54 Å². The predicted molar refractivity (Wildman–Crippen MR) is 87.0 cm³/mol. The van der Waals surface area contributed by atoms with Gasteiger partial charge in [0.05, 0.1) is 16.0 Å². The van der Waals surface area contributed by atoms with E-state index in [1.807, 2.05) is 22.6 Å². The third-order valence-electron chi connectivity index (χ3n) is 3.10. The Morgan fingerprint density at radius 2 is 2.24 bits per heavy atom. The van der Waals surface area contributed by atoms with Crippen LogP contribution in [0.3, 0.4) is 0 Å². The van der Waals surface area contributed by atoms with E-state index in [1.165, 1.54) is 16.5 Å². The highest BCUT2D eigenvalue weighted by Gasteiger charge is 2.13. The number of nitrogens with zero attached hydrogens (tertiary/aromatic N) is 3. The van der Waals surface area contributed by atoms with Crippen molar-refractivity contribution in [3.63, 3.8) is 0 Å². The van der Waals surface area contributed by atoms with Gasteiger partial charge in [0.1, 0.15) is 0 Å². The summed E-state index contributed by atoms with van der Waals surface area (Å²) in [6, 6.07) is 8.13. The molecule has 0 bridgehead atoms. The number of nitrogens with one attached hydrogen (secondary N) is 1. The zero-order valence-electron chi connectivity index (χ0n) is 11.7. The van der Waals surface area contributed by atoms with Crippen LogP contribution in [0.15, 0.2) is 29.4 Å². The fourth-order valence-corrected chi connectivity index (χ4v) is 3.83. The molecule has 0 radical (unpaired) electrons. The van der Waals surface area contributed by atoms with Gasteiger partial charge in [-0.25, -0.2) is 0 Å². The molecule has 7 heteroatoms. The lowest BCUT2D eigenvalue weighted by Gasteiger charge is -2.03. The van der Waals surface area contributed by atoms with Crippen LogP contribution >= 0.6 is 23.1 Å². The number of thioether (sulfide) groups is 1. The van der Waals surface area contributed by atoms with Crippen LogP contribution in [0, 0.1) is 0 Å². The van der Waals surface area contributed by atoms with Gasteiger partial charge in [0.25, 0.3) is 0 Å². The van der Waals surface area contributed by atoms with Crippen molar-refractivity contribution in [2.75, 3.05) is 12.3 Å². The van der Waals surface area contributed by atoms with Gasteiger partial charge in [-0.1, -0.05) is 48.6 Å². The average Bonchev–Trinajstić information content (AvgIpc) is 3.04. The highest BCUT2D eigenvalue weighted by atomic mass is 32.2. The Kier molecular flexibility index (Phi) is 4.40. The first-order chi connectivity index (χ1) is 10.3. The van der Waals surface area contributed by atoms with Gasteiger partial charge in [-0.05, 0) is 18.6 Å². The minimum atomic E-state index is 0.0461. The number of carbonyl (C=O) groups is 1. The number of carbonyl (C=O) groups excluding carboxylic acids is 1. The van der Waals surface area contributed by atoms with Crippen LogP contribution in [0.4, 0.5) is 0 Å². The predicted octanol–water partition coefficient (Wildman–Crippen LogP) is 2.95. The summed E-state index contributed by atoms with van der Waals surface area (Å²) >= 11 is 3.04. The molecule has 0 saturated carbocycles. The molecule has 1 amide bonds. The summed E-state index contributed by atoms with van der Waals surface area (Å²) in [5.41, 5.74) is 1.09. The normalized spacial score (nSPS) is 11.3. The van der Waals surface area contributed by atoms with E-state index in [1.54, 1.807) is 11.3 Å². The molecule has 0 aliphatic rings. The number of benzene rings is 1. The molecule has 0 aliphatic heterocycles. The molecule has 110 valence electrons. The number of unbranched alkanes of at least 4 members (excludes halogenated alkanes) is 1. The molecule has 0 fully saturated rings. The number of aromatic nitrogens is 3. The van der Waals surface area contributed by atoms with Crippen molar-refractivity contribution in [2.45, 2.75) is 24.9 Å². The lowest BCUT2D eigenvalue weighted by Crippen LogP contribution is -2.26. The lowest BCUT2D eigenvalue weighted by atomic mass is 10.3. The van der Waals surface area contributed by atoms with Crippen LogP contribution < -0.4 is 5.32 Å². The van der Waals surface area contributed by atoms with Gasteiger partial charge in [-0.2, -0.15) is 0 Å². The van der Waals surface area contributed by atoms with E-state index >= 15 is 0 Å². The molecule has 3 aromatic rings. The molecule has 2 aromatic heterocycles. The van der Waals surface area contributed by atoms with Crippen molar-refractivity contribution >= 4 is 44.2 Å². The standard InChI is InChI=1S/C14H16N4OS2/c1-2-3-8-15-12(19)9-20-13-16-17-14-18(13)10-6-4-5-7-11(10)21-14/h4-7H,2-3,8-9H2,1H3,(H,15,19). The van der Waals surface area contributed by atoms with E-state index < -0.39 is 0 Å². The van der Waals surface area contributed by atoms with Gasteiger partial charge in [-0.15, -0.1) is 10.2 Å². The molecule has 21 heavy (non-hydrogen) atoms. The molecular formula is C14H16N4OS2. The zero-order valence-corrected chi connectivity index (χ0v) is 13.3. The van der Waals surface area contributed by atoms with E-state index in [4.69, 9.17) is 0 Å². The molecule has 1 aromatic carbocycles. The largest absolute Gasteiger partial charge is 0.355 e. The quantitative estimate of drug-likeness (QED) is 0.560. The average molecular weight is 320 g/mol. The molecular weight excluding hydrogens is 304 g/mol. The molecule has 0 spiro atoms. The van der Waals surface area contributed by atoms with Crippen molar-refractivity contribution in [1.29, 1.82) is 0 Å². The molecule has 5 nitrogen and oxygen atoms in total. The monoisotopic (exact) mass is 320 g/mol. The van der Waals surface area contributed by atoms with Gasteiger partial charge in [0.15, 0.2) is 5.16 Å². The van der Waals surface area contributed by atoms with Crippen molar-refractivity contribution in [2.24, 2.45) is 0 Å². The van der Waals surface area contributed by atoms with Gasteiger partial charge < -0.3 is 5.32 Å². The van der Waals surface area contributed by atoms with Crippen LogP contribution in [-0.2, 0) is 4.79 Å². The van der Waals surface area contributed by atoms with E-state index in [0.29, 0.717) is 5.75 Å². The minimum absolute atomic E-state index is 0.0461. The number of rotatable bonds is 6. The highest BCUT2D eigenvalue weighted by molar-refractivity contribution is 7.99. The van der Waals surface area contributed by atoms with Crippen molar-refractivity contribution in [1.82, 2.24) is 19.9 Å². The van der Waals surface area contributed by atoms with Crippen molar-refractivity contribution in [3.05, 3.63) is 24.3 Å². The minimum Gasteiger partial charge on any atom is -0.355 e. The summed E-state index contributed by atoms with van der Waals surface area (Å²) in [4.78, 5) is 12.6. The van der Waals surface area contributed by atoms with Crippen LogP contribution in [-0.4, -0.2) is 32.8 Å². The first-order valence-electron chi connectivity index (χ1n) is 6.91. The molecule has 1 N–H and O–H groups in total. The van der Waals surface area contributed by atoms with E-state index in [9.17, 15) is 4.79 Å². The molecule has 2 heterocycles. The van der Waals surface area contributed by atoms with Crippen LogP contribution in [0.25, 0.3) is 15.2 Å². The first-order valence-corrected chi connectivity index (χ1v) is 8.72. The molecule has 0 unspecified atom stereocenters. The number of hydrogen-bond donors (Lipinski definition) is 1. The second-order valence-corrected chi connectivity index (χ2v) is 6.61. The van der Waals surface area contributed by atoms with Crippen LogP contribution in [0.5, 0.6) is 0 Å². The Bertz CT molecular complexity index is 765. The second-order valence-electron chi connectivity index (χ2n) is 4.66. The Labute approximate surface area is 130 Å². The fourth-order valence-electron chi connectivity index (χ4n) is 2.03. The van der Waals surface area contributed by atoms with Crippen molar-refractivity contribution in [3.8, 4) is 0 Å². The maximum absolute atomic E-state index is 11.8. The van der Waals surface area contributed by atoms with Crippen LogP contribution in [0.2, 0.25) is 0 Å². The third kappa shape index (κ3) is 3.03. The Balaban J connectivity index is 1.74. The first kappa shape index (κ1) is 14.3. The molecule has 0 atom stereocenters. The summed E-state index contributed by atoms with van der Waals surface area (Å²) in [5.74, 6) is 0.416. The Hall–Kier alpha value is -1.60. The summed E-state index contributed by atoms with van der Waals surface area (Å²) < 4.78 is 3.20. The number of hydrogen-bond acceptors (Lipinski definition) is 5. The molecule has 3 rings (SSSR count). The van der Waals surface area contributed by atoms with Gasteiger partial charge >= 0.3 is 0 Å². The topological polar surface area (TPSA) is 59.3 Å². The summed E-state index contributed by atoms with van der Waals surface area (Å²) in [6.45, 7) is 2.85. The number of para-hydroxylation sites is 1. The van der Waals surface area contributed by atoms with Gasteiger partial charge in [0.2, 0.25) is 10.9 Å². The smallest absolute Gasteiger partial charge is 0.230 e. The molecule has 0 aliphatic carbocycles. The van der Waals surface area contributed by atoms with E-state index in [2.05, 4.69) is 28.5 Å². The van der Waals surface area contributed by atoms with Crippen LogP contribution in [0.1, 0.15) is 19.8 Å². The maximum atomic E-state index is 11.8. The fraction of sp³-hybridized carbons (Fsp3) is 0.357. The maximum Gasteiger partial charge on any atom is 0.230 e. The second kappa shape index (κ2) is 6.44. The number of thiazole rings is 1.